The lowest BCUT2D eigenvalue weighted by Crippen LogP contribution is -2.66. The fourth-order valence-electron chi connectivity index (χ4n) is 2.48. The molecular weight excluding hydrogens is 276 g/mol. The van der Waals surface area contributed by atoms with Crippen LogP contribution >= 0.6 is 0 Å². The molecule has 21 heavy (non-hydrogen) atoms. The van der Waals surface area contributed by atoms with Crippen molar-refractivity contribution in [1.82, 2.24) is 25.5 Å². The second kappa shape index (κ2) is 5.44. The van der Waals surface area contributed by atoms with Crippen LogP contribution in [0.1, 0.15) is 0 Å². The van der Waals surface area contributed by atoms with Gasteiger partial charge < -0.3 is 4.90 Å². The van der Waals surface area contributed by atoms with Gasteiger partial charge in [-0.05, 0) is 6.07 Å². The molecule has 0 aromatic carbocycles. The summed E-state index contributed by atoms with van der Waals surface area (Å²) in [4.78, 5) is 46.7. The Morgan fingerprint density at radius 3 is 2.10 bits per heavy atom. The van der Waals surface area contributed by atoms with Crippen molar-refractivity contribution in [2.24, 2.45) is 0 Å². The molecule has 0 saturated carbocycles. The minimum atomic E-state index is -0.957. The fraction of sp³-hybridized carbons (Fsp3) is 0.417. The molecular formula is C12H14N6O3. The van der Waals surface area contributed by atoms with Gasteiger partial charge in [0.2, 0.25) is 5.95 Å². The van der Waals surface area contributed by atoms with Crippen LogP contribution in [-0.2, 0) is 9.59 Å². The summed E-state index contributed by atoms with van der Waals surface area (Å²) in [5.41, 5.74) is 0. The van der Waals surface area contributed by atoms with Gasteiger partial charge in [-0.2, -0.15) is 0 Å². The third-order valence-corrected chi connectivity index (χ3v) is 3.48. The van der Waals surface area contributed by atoms with E-state index in [1.54, 1.807) is 23.4 Å². The predicted molar refractivity (Wildman–Crippen MR) is 71.3 cm³/mol. The molecule has 0 aliphatic carbocycles. The third-order valence-electron chi connectivity index (χ3n) is 3.48. The summed E-state index contributed by atoms with van der Waals surface area (Å²) in [7, 11) is 0. The number of anilines is 1. The van der Waals surface area contributed by atoms with Crippen molar-refractivity contribution in [2.45, 2.75) is 6.04 Å². The lowest BCUT2D eigenvalue weighted by molar-refractivity contribution is -0.138. The molecule has 2 saturated heterocycles. The van der Waals surface area contributed by atoms with Gasteiger partial charge in [0.1, 0.15) is 0 Å². The van der Waals surface area contributed by atoms with Gasteiger partial charge in [0.15, 0.2) is 6.04 Å². The zero-order chi connectivity index (χ0) is 14.8. The van der Waals surface area contributed by atoms with E-state index in [4.69, 9.17) is 0 Å². The number of nitrogens with zero attached hydrogens (tertiary/aromatic N) is 4. The molecule has 1 aromatic heterocycles. The summed E-state index contributed by atoms with van der Waals surface area (Å²) in [5.74, 6) is -0.522. The highest BCUT2D eigenvalue weighted by molar-refractivity contribution is 6.18. The summed E-state index contributed by atoms with van der Waals surface area (Å²) < 4.78 is 0. The van der Waals surface area contributed by atoms with E-state index in [1.165, 1.54) is 0 Å². The number of carbonyl (C=O) groups excluding carboxylic acids is 3. The number of piperazine rings is 1. The number of urea groups is 1. The number of hydrogen-bond acceptors (Lipinski definition) is 7. The summed E-state index contributed by atoms with van der Waals surface area (Å²) >= 11 is 0. The van der Waals surface area contributed by atoms with Crippen LogP contribution in [0, 0.1) is 0 Å². The fourth-order valence-corrected chi connectivity index (χ4v) is 2.48. The van der Waals surface area contributed by atoms with Gasteiger partial charge in [0.05, 0.1) is 0 Å². The number of nitrogens with one attached hydrogen (secondary N) is 2. The maximum atomic E-state index is 11.8. The van der Waals surface area contributed by atoms with Crippen LogP contribution < -0.4 is 15.5 Å². The molecule has 9 heteroatoms. The second-order valence-electron chi connectivity index (χ2n) is 4.78. The van der Waals surface area contributed by atoms with E-state index in [2.05, 4.69) is 20.6 Å². The number of barbiturate groups is 1. The maximum absolute atomic E-state index is 11.8. The Morgan fingerprint density at radius 2 is 1.52 bits per heavy atom. The smallest absolute Gasteiger partial charge is 0.328 e. The van der Waals surface area contributed by atoms with Crippen molar-refractivity contribution in [3.8, 4) is 0 Å². The van der Waals surface area contributed by atoms with Crippen molar-refractivity contribution >= 4 is 23.8 Å². The zero-order valence-electron chi connectivity index (χ0n) is 11.2. The first kappa shape index (κ1) is 13.4. The van der Waals surface area contributed by atoms with Gasteiger partial charge in [0.25, 0.3) is 11.8 Å². The molecule has 0 spiro atoms. The second-order valence-corrected chi connectivity index (χ2v) is 4.78. The van der Waals surface area contributed by atoms with E-state index >= 15 is 0 Å². The Hall–Kier alpha value is -2.55. The zero-order valence-corrected chi connectivity index (χ0v) is 11.2. The first-order chi connectivity index (χ1) is 10.1. The van der Waals surface area contributed by atoms with E-state index in [0.29, 0.717) is 32.1 Å². The first-order valence-electron chi connectivity index (χ1n) is 6.57. The lowest BCUT2D eigenvalue weighted by Gasteiger charge is -2.38. The molecule has 110 valence electrons. The van der Waals surface area contributed by atoms with Gasteiger partial charge >= 0.3 is 6.03 Å². The van der Waals surface area contributed by atoms with Gasteiger partial charge in [-0.1, -0.05) is 0 Å². The van der Waals surface area contributed by atoms with Crippen molar-refractivity contribution < 1.29 is 14.4 Å². The van der Waals surface area contributed by atoms with E-state index in [-0.39, 0.29) is 0 Å². The average Bonchev–Trinajstić information content (AvgIpc) is 2.48. The van der Waals surface area contributed by atoms with Crippen LogP contribution in [0.2, 0.25) is 0 Å². The quantitative estimate of drug-likeness (QED) is 0.627. The molecule has 3 heterocycles. The van der Waals surface area contributed by atoms with Crippen LogP contribution in [0.25, 0.3) is 0 Å². The highest BCUT2D eigenvalue weighted by atomic mass is 16.2. The SMILES string of the molecule is O=C1NC(=O)C(N2CCN(c3ncccn3)CC2)C(=O)N1. The van der Waals surface area contributed by atoms with Crippen LogP contribution in [0.5, 0.6) is 0 Å². The number of amides is 4. The van der Waals surface area contributed by atoms with Crippen molar-refractivity contribution in [1.29, 1.82) is 0 Å². The number of imide groups is 2. The lowest BCUT2D eigenvalue weighted by atomic mass is 10.1. The molecule has 2 fully saturated rings. The minimum Gasteiger partial charge on any atom is -0.338 e. The highest BCUT2D eigenvalue weighted by Crippen LogP contribution is 2.13. The Balaban J connectivity index is 1.64. The number of carbonyl (C=O) groups is 3. The van der Waals surface area contributed by atoms with Gasteiger partial charge in [-0.3, -0.25) is 25.1 Å². The highest BCUT2D eigenvalue weighted by Gasteiger charge is 2.39. The Labute approximate surface area is 120 Å². The summed E-state index contributed by atoms with van der Waals surface area (Å²) in [6, 6.07) is 0.0205. The Bertz CT molecular complexity index is 550. The number of aromatic nitrogens is 2. The summed E-state index contributed by atoms with van der Waals surface area (Å²) in [5, 5.41) is 4.22. The average molecular weight is 290 g/mol. The van der Waals surface area contributed by atoms with E-state index < -0.39 is 23.9 Å². The summed E-state index contributed by atoms with van der Waals surface area (Å²) in [6.45, 7) is 2.24. The van der Waals surface area contributed by atoms with Crippen molar-refractivity contribution in [3.63, 3.8) is 0 Å². The van der Waals surface area contributed by atoms with E-state index in [1.807, 2.05) is 4.90 Å². The van der Waals surface area contributed by atoms with Crippen LogP contribution in [-0.4, -0.2) is 64.9 Å². The van der Waals surface area contributed by atoms with Gasteiger partial charge in [0, 0.05) is 38.6 Å². The number of hydrogen-bond donors (Lipinski definition) is 2. The van der Waals surface area contributed by atoms with Gasteiger partial charge in [-0.25, -0.2) is 14.8 Å². The Kier molecular flexibility index (Phi) is 3.48. The van der Waals surface area contributed by atoms with Crippen LogP contribution in [0.15, 0.2) is 18.5 Å². The molecule has 2 N–H and O–H groups in total. The molecule has 4 amide bonds. The largest absolute Gasteiger partial charge is 0.338 e. The Morgan fingerprint density at radius 1 is 0.952 bits per heavy atom. The molecule has 0 radical (unpaired) electrons. The number of rotatable bonds is 2. The molecule has 3 rings (SSSR count). The van der Waals surface area contributed by atoms with Crippen LogP contribution in [0.4, 0.5) is 10.7 Å². The molecule has 0 atom stereocenters. The van der Waals surface area contributed by atoms with Crippen LogP contribution in [0.3, 0.4) is 0 Å². The topological polar surface area (TPSA) is 108 Å². The van der Waals surface area contributed by atoms with Gasteiger partial charge in [-0.15, -0.1) is 0 Å². The predicted octanol–water partition coefficient (Wildman–Crippen LogP) is -1.67. The normalized spacial score (nSPS) is 21.1. The van der Waals surface area contributed by atoms with Crippen molar-refractivity contribution in [2.75, 3.05) is 31.1 Å². The van der Waals surface area contributed by atoms with E-state index in [0.717, 1.165) is 0 Å². The maximum Gasteiger partial charge on any atom is 0.328 e. The summed E-state index contributed by atoms with van der Waals surface area (Å²) in [6.07, 6.45) is 3.34. The first-order valence-corrected chi connectivity index (χ1v) is 6.57. The van der Waals surface area contributed by atoms with E-state index in [9.17, 15) is 14.4 Å². The molecule has 1 aromatic rings. The third kappa shape index (κ3) is 2.68. The molecule has 0 unspecified atom stereocenters. The molecule has 0 bridgehead atoms. The molecule has 2 aliphatic rings. The minimum absolute atomic E-state index is 0.512. The standard InChI is InChI=1S/C12H14N6O3/c19-9-8(10(20)16-12(21)15-9)17-4-6-18(7-5-17)11-13-2-1-3-14-11/h1-3,8H,4-7H2,(H2,15,16,19,20,21). The molecule has 2 aliphatic heterocycles. The molecule has 9 nitrogen and oxygen atoms in total. The monoisotopic (exact) mass is 290 g/mol. The van der Waals surface area contributed by atoms with Crippen molar-refractivity contribution in [3.05, 3.63) is 18.5 Å².